The van der Waals surface area contributed by atoms with Crippen LogP contribution in [0.3, 0.4) is 0 Å². The standard InChI is InChI=1S/C11H11BrN2/c1-3-8(2)14-11-6-10(12)5-4-9(11)7-13/h3-6,8,14H,1H2,2H3. The topological polar surface area (TPSA) is 35.8 Å². The Balaban J connectivity index is 3.00. The van der Waals surface area contributed by atoms with Crippen LogP contribution in [-0.4, -0.2) is 6.04 Å². The molecule has 1 aromatic rings. The summed E-state index contributed by atoms with van der Waals surface area (Å²) in [7, 11) is 0. The van der Waals surface area contributed by atoms with E-state index in [2.05, 4.69) is 33.9 Å². The Morgan fingerprint density at radius 2 is 2.36 bits per heavy atom. The van der Waals surface area contributed by atoms with E-state index < -0.39 is 0 Å². The number of nitriles is 1. The van der Waals surface area contributed by atoms with Crippen molar-refractivity contribution in [2.75, 3.05) is 5.32 Å². The van der Waals surface area contributed by atoms with E-state index in [9.17, 15) is 0 Å². The minimum absolute atomic E-state index is 0.149. The van der Waals surface area contributed by atoms with Gasteiger partial charge in [0.1, 0.15) is 6.07 Å². The first kappa shape index (κ1) is 10.8. The number of halogens is 1. The lowest BCUT2D eigenvalue weighted by Gasteiger charge is -2.12. The molecule has 0 heterocycles. The molecule has 0 saturated carbocycles. The molecule has 3 heteroatoms. The van der Waals surface area contributed by atoms with Gasteiger partial charge in [-0.25, -0.2) is 0 Å². The predicted octanol–water partition coefficient (Wildman–Crippen LogP) is 3.31. The second-order valence-electron chi connectivity index (χ2n) is 2.97. The maximum atomic E-state index is 8.86. The summed E-state index contributed by atoms with van der Waals surface area (Å²) in [5.74, 6) is 0. The summed E-state index contributed by atoms with van der Waals surface area (Å²) in [4.78, 5) is 0. The molecule has 0 bridgehead atoms. The molecule has 0 spiro atoms. The third-order valence-electron chi connectivity index (χ3n) is 1.84. The maximum Gasteiger partial charge on any atom is 0.101 e. The maximum absolute atomic E-state index is 8.86. The summed E-state index contributed by atoms with van der Waals surface area (Å²) in [5, 5.41) is 12.0. The predicted molar refractivity (Wildman–Crippen MR) is 62.1 cm³/mol. The summed E-state index contributed by atoms with van der Waals surface area (Å²) in [5.41, 5.74) is 1.47. The fourth-order valence-electron chi connectivity index (χ4n) is 1.04. The third kappa shape index (κ3) is 2.61. The molecule has 1 atom stereocenters. The highest BCUT2D eigenvalue weighted by molar-refractivity contribution is 9.10. The summed E-state index contributed by atoms with van der Waals surface area (Å²) in [6.07, 6.45) is 1.79. The fourth-order valence-corrected chi connectivity index (χ4v) is 1.40. The van der Waals surface area contributed by atoms with Crippen LogP contribution in [0.15, 0.2) is 35.3 Å². The van der Waals surface area contributed by atoms with Crippen LogP contribution < -0.4 is 5.32 Å². The zero-order valence-corrected chi connectivity index (χ0v) is 9.51. The molecule has 1 rings (SSSR count). The van der Waals surface area contributed by atoms with Crippen molar-refractivity contribution >= 4 is 21.6 Å². The molecular weight excluding hydrogens is 240 g/mol. The van der Waals surface area contributed by atoms with E-state index in [1.165, 1.54) is 0 Å². The van der Waals surface area contributed by atoms with E-state index in [1.54, 1.807) is 12.1 Å². The molecule has 0 radical (unpaired) electrons. The lowest BCUT2D eigenvalue weighted by Crippen LogP contribution is -2.12. The molecule has 0 saturated heterocycles. The quantitative estimate of drug-likeness (QED) is 0.836. The van der Waals surface area contributed by atoms with Gasteiger partial charge in [0.15, 0.2) is 0 Å². The Kier molecular flexibility index (Phi) is 3.73. The molecule has 0 aliphatic carbocycles. The number of hydrogen-bond donors (Lipinski definition) is 1. The number of anilines is 1. The summed E-state index contributed by atoms with van der Waals surface area (Å²) < 4.78 is 0.954. The zero-order chi connectivity index (χ0) is 10.6. The van der Waals surface area contributed by atoms with E-state index >= 15 is 0 Å². The van der Waals surface area contributed by atoms with E-state index in [4.69, 9.17) is 5.26 Å². The van der Waals surface area contributed by atoms with Crippen LogP contribution in [0.25, 0.3) is 0 Å². The van der Waals surface area contributed by atoms with Crippen molar-refractivity contribution in [3.63, 3.8) is 0 Å². The van der Waals surface area contributed by atoms with Gasteiger partial charge in [0, 0.05) is 10.5 Å². The Morgan fingerprint density at radius 1 is 1.64 bits per heavy atom. The molecule has 1 aromatic carbocycles. The molecule has 72 valence electrons. The normalized spacial score (nSPS) is 11.5. The number of rotatable bonds is 3. The van der Waals surface area contributed by atoms with Crippen LogP contribution in [0, 0.1) is 11.3 Å². The smallest absolute Gasteiger partial charge is 0.101 e. The Labute approximate surface area is 92.4 Å². The highest BCUT2D eigenvalue weighted by Gasteiger charge is 2.03. The van der Waals surface area contributed by atoms with E-state index in [0.717, 1.165) is 10.2 Å². The van der Waals surface area contributed by atoms with Crippen LogP contribution in [-0.2, 0) is 0 Å². The van der Waals surface area contributed by atoms with Crippen LogP contribution >= 0.6 is 15.9 Å². The highest BCUT2D eigenvalue weighted by Crippen LogP contribution is 2.21. The second-order valence-corrected chi connectivity index (χ2v) is 3.89. The molecule has 2 nitrogen and oxygen atoms in total. The molecule has 0 fully saturated rings. The number of nitrogens with zero attached hydrogens (tertiary/aromatic N) is 1. The van der Waals surface area contributed by atoms with Gasteiger partial charge in [-0.05, 0) is 25.1 Å². The second kappa shape index (κ2) is 4.83. The summed E-state index contributed by atoms with van der Waals surface area (Å²) in [6, 6.07) is 7.80. The van der Waals surface area contributed by atoms with Gasteiger partial charge in [0.2, 0.25) is 0 Å². The van der Waals surface area contributed by atoms with E-state index in [0.29, 0.717) is 5.56 Å². The molecular formula is C11H11BrN2. The van der Waals surface area contributed by atoms with Crippen LogP contribution in [0.4, 0.5) is 5.69 Å². The van der Waals surface area contributed by atoms with Gasteiger partial charge in [-0.2, -0.15) is 5.26 Å². The third-order valence-corrected chi connectivity index (χ3v) is 2.33. The van der Waals surface area contributed by atoms with Crippen molar-refractivity contribution in [2.24, 2.45) is 0 Å². The lowest BCUT2D eigenvalue weighted by molar-refractivity contribution is 1.000. The van der Waals surface area contributed by atoms with Crippen molar-refractivity contribution < 1.29 is 0 Å². The number of hydrogen-bond acceptors (Lipinski definition) is 2. The highest BCUT2D eigenvalue weighted by atomic mass is 79.9. The number of nitrogens with one attached hydrogen (secondary N) is 1. The van der Waals surface area contributed by atoms with Crippen molar-refractivity contribution in [1.82, 2.24) is 0 Å². The van der Waals surface area contributed by atoms with Gasteiger partial charge in [-0.15, -0.1) is 6.58 Å². The average Bonchev–Trinajstić information content (AvgIpc) is 2.18. The first-order chi connectivity index (χ1) is 6.67. The van der Waals surface area contributed by atoms with Crippen LogP contribution in [0.1, 0.15) is 12.5 Å². The van der Waals surface area contributed by atoms with Gasteiger partial charge >= 0.3 is 0 Å². The Bertz CT molecular complexity index is 379. The molecule has 1 unspecified atom stereocenters. The largest absolute Gasteiger partial charge is 0.378 e. The molecule has 1 N–H and O–H groups in total. The average molecular weight is 251 g/mol. The minimum atomic E-state index is 0.149. The van der Waals surface area contributed by atoms with Crippen molar-refractivity contribution in [1.29, 1.82) is 5.26 Å². The Hall–Kier alpha value is -1.27. The van der Waals surface area contributed by atoms with Gasteiger partial charge in [0.05, 0.1) is 11.3 Å². The van der Waals surface area contributed by atoms with Gasteiger partial charge in [-0.3, -0.25) is 0 Å². The minimum Gasteiger partial charge on any atom is -0.378 e. The molecule has 0 aliphatic heterocycles. The van der Waals surface area contributed by atoms with Crippen molar-refractivity contribution in [3.8, 4) is 6.07 Å². The molecule has 0 aromatic heterocycles. The number of benzene rings is 1. The fraction of sp³-hybridized carbons (Fsp3) is 0.182. The monoisotopic (exact) mass is 250 g/mol. The Morgan fingerprint density at radius 3 is 2.93 bits per heavy atom. The summed E-state index contributed by atoms with van der Waals surface area (Å²) in [6.45, 7) is 5.66. The van der Waals surface area contributed by atoms with Crippen LogP contribution in [0.2, 0.25) is 0 Å². The lowest BCUT2D eigenvalue weighted by atomic mass is 10.2. The zero-order valence-electron chi connectivity index (χ0n) is 7.92. The van der Waals surface area contributed by atoms with Crippen LogP contribution in [0.5, 0.6) is 0 Å². The van der Waals surface area contributed by atoms with Gasteiger partial charge in [-0.1, -0.05) is 22.0 Å². The molecule has 0 amide bonds. The SMILES string of the molecule is C=CC(C)Nc1cc(Br)ccc1C#N. The van der Waals surface area contributed by atoms with Crippen molar-refractivity contribution in [3.05, 3.63) is 40.9 Å². The van der Waals surface area contributed by atoms with Gasteiger partial charge < -0.3 is 5.32 Å². The van der Waals surface area contributed by atoms with Gasteiger partial charge in [0.25, 0.3) is 0 Å². The summed E-state index contributed by atoms with van der Waals surface area (Å²) >= 11 is 3.36. The first-order valence-corrected chi connectivity index (χ1v) is 5.05. The molecule has 0 aliphatic rings. The van der Waals surface area contributed by atoms with E-state index in [1.807, 2.05) is 19.1 Å². The first-order valence-electron chi connectivity index (χ1n) is 4.26. The van der Waals surface area contributed by atoms with Crippen molar-refractivity contribution in [2.45, 2.75) is 13.0 Å². The molecule has 14 heavy (non-hydrogen) atoms. The van der Waals surface area contributed by atoms with E-state index in [-0.39, 0.29) is 6.04 Å².